The molecule has 1 spiro atoms. The zero-order chi connectivity index (χ0) is 25.3. The number of aliphatic hydroxyl groups is 1. The fourth-order valence-corrected chi connectivity index (χ4v) is 7.14. The second-order valence-corrected chi connectivity index (χ2v) is 12.0. The highest BCUT2D eigenvalue weighted by molar-refractivity contribution is 7.99. The summed E-state index contributed by atoms with van der Waals surface area (Å²) in [6, 6.07) is 17.7. The van der Waals surface area contributed by atoms with Gasteiger partial charge < -0.3 is 14.9 Å². The number of anilines is 1. The molecule has 2 aromatic rings. The molecule has 2 fully saturated rings. The second-order valence-electron chi connectivity index (χ2n) is 10.9. The van der Waals surface area contributed by atoms with Gasteiger partial charge in [0.2, 0.25) is 11.8 Å². The van der Waals surface area contributed by atoms with Gasteiger partial charge in [0, 0.05) is 23.7 Å². The molecule has 7 heteroatoms. The minimum atomic E-state index is -0.598. The SMILES string of the molecule is CC(C)CN1C(=O)C2(CCN(CC(=O)N3CCSc4ccccc43)CC2)C[C@@H](O)[C@@H]1c1ccccc1. The molecule has 5 rings (SSSR count). The number of fused-ring (bicyclic) bond motifs is 1. The molecule has 0 aromatic heterocycles. The van der Waals surface area contributed by atoms with Crippen LogP contribution < -0.4 is 4.90 Å². The minimum absolute atomic E-state index is 0.124. The number of carbonyl (C=O) groups is 2. The number of rotatable bonds is 5. The molecule has 2 amide bonds. The fraction of sp³-hybridized carbons (Fsp3) is 0.517. The van der Waals surface area contributed by atoms with E-state index in [1.807, 2.05) is 58.3 Å². The van der Waals surface area contributed by atoms with Crippen molar-refractivity contribution in [1.29, 1.82) is 0 Å². The number of hydrogen-bond acceptors (Lipinski definition) is 5. The lowest BCUT2D eigenvalue weighted by Gasteiger charge is -2.52. The van der Waals surface area contributed by atoms with Gasteiger partial charge in [-0.1, -0.05) is 56.3 Å². The number of carbonyl (C=O) groups excluding carboxylic acids is 2. The monoisotopic (exact) mass is 507 g/mol. The molecule has 3 aliphatic rings. The van der Waals surface area contributed by atoms with Crippen molar-refractivity contribution in [1.82, 2.24) is 9.80 Å². The molecule has 0 unspecified atom stereocenters. The van der Waals surface area contributed by atoms with Gasteiger partial charge >= 0.3 is 0 Å². The van der Waals surface area contributed by atoms with E-state index in [0.717, 1.165) is 28.4 Å². The predicted octanol–water partition coefficient (Wildman–Crippen LogP) is 4.20. The van der Waals surface area contributed by atoms with Gasteiger partial charge in [-0.3, -0.25) is 14.5 Å². The van der Waals surface area contributed by atoms with Gasteiger partial charge in [-0.2, -0.15) is 0 Å². The first-order valence-corrected chi connectivity index (χ1v) is 14.2. The Morgan fingerprint density at radius 2 is 1.75 bits per heavy atom. The molecule has 3 aliphatic heterocycles. The van der Waals surface area contributed by atoms with Gasteiger partial charge in [-0.15, -0.1) is 11.8 Å². The number of hydrogen-bond donors (Lipinski definition) is 1. The van der Waals surface area contributed by atoms with Crippen molar-refractivity contribution in [3.63, 3.8) is 0 Å². The fourth-order valence-electron chi connectivity index (χ4n) is 6.14. The molecular weight excluding hydrogens is 470 g/mol. The standard InChI is InChI=1S/C29H37N3O3S/c1-21(2)19-32-27(22-8-4-3-5-9-22)24(33)18-29(28(32)35)12-14-30(15-13-29)20-26(34)31-16-17-36-25-11-7-6-10-23(25)31/h3-11,21,24,27,33H,12-20H2,1-2H3/t24-,27+/m1/s1. The summed E-state index contributed by atoms with van der Waals surface area (Å²) in [4.78, 5) is 34.5. The van der Waals surface area contributed by atoms with E-state index >= 15 is 0 Å². The maximum atomic E-state index is 14.0. The van der Waals surface area contributed by atoms with Crippen molar-refractivity contribution >= 4 is 29.3 Å². The number of likely N-dealkylation sites (tertiary alicyclic amines) is 2. The van der Waals surface area contributed by atoms with E-state index in [4.69, 9.17) is 0 Å². The lowest BCUT2D eigenvalue weighted by atomic mass is 9.68. The van der Waals surface area contributed by atoms with Crippen molar-refractivity contribution in [2.45, 2.75) is 50.2 Å². The summed E-state index contributed by atoms with van der Waals surface area (Å²) in [5, 5.41) is 11.3. The van der Waals surface area contributed by atoms with Crippen LogP contribution in [0.4, 0.5) is 5.69 Å². The van der Waals surface area contributed by atoms with E-state index in [9.17, 15) is 14.7 Å². The van der Waals surface area contributed by atoms with Gasteiger partial charge in [-0.25, -0.2) is 0 Å². The number of nitrogens with zero attached hydrogens (tertiary/aromatic N) is 3. The average Bonchev–Trinajstić information content (AvgIpc) is 2.88. The summed E-state index contributed by atoms with van der Waals surface area (Å²) in [7, 11) is 0. The molecular formula is C29H37N3O3S. The van der Waals surface area contributed by atoms with Gasteiger partial charge in [-0.05, 0) is 56.0 Å². The van der Waals surface area contributed by atoms with Gasteiger partial charge in [0.05, 0.1) is 29.8 Å². The number of piperidine rings is 2. The van der Waals surface area contributed by atoms with Crippen molar-refractivity contribution in [3.05, 3.63) is 60.2 Å². The van der Waals surface area contributed by atoms with Crippen molar-refractivity contribution in [3.8, 4) is 0 Å². The third kappa shape index (κ3) is 4.93. The Bertz CT molecular complexity index is 1080. The second kappa shape index (κ2) is 10.6. The Hall–Kier alpha value is -2.35. The molecule has 0 saturated carbocycles. The van der Waals surface area contributed by atoms with Crippen LogP contribution in [-0.4, -0.2) is 71.3 Å². The summed E-state index contributed by atoms with van der Waals surface area (Å²) in [6.45, 7) is 7.36. The number of amides is 2. The van der Waals surface area contributed by atoms with Gasteiger partial charge in [0.25, 0.3) is 0 Å². The first-order valence-electron chi connectivity index (χ1n) is 13.2. The number of aliphatic hydroxyl groups excluding tert-OH is 1. The Morgan fingerprint density at radius 3 is 2.47 bits per heavy atom. The Balaban J connectivity index is 1.27. The van der Waals surface area contributed by atoms with Gasteiger partial charge in [0.15, 0.2) is 0 Å². The maximum Gasteiger partial charge on any atom is 0.241 e. The van der Waals surface area contributed by atoms with Crippen LogP contribution in [0.3, 0.4) is 0 Å². The van der Waals surface area contributed by atoms with Crippen LogP contribution in [0.1, 0.15) is 44.7 Å². The highest BCUT2D eigenvalue weighted by Gasteiger charge is 2.52. The van der Waals surface area contributed by atoms with E-state index < -0.39 is 11.5 Å². The van der Waals surface area contributed by atoms with Crippen molar-refractivity contribution in [2.24, 2.45) is 11.3 Å². The average molecular weight is 508 g/mol. The first kappa shape index (κ1) is 25.3. The van der Waals surface area contributed by atoms with Crippen LogP contribution in [0.15, 0.2) is 59.5 Å². The normalized spacial score (nSPS) is 24.3. The molecule has 0 radical (unpaired) electrons. The lowest BCUT2D eigenvalue weighted by Crippen LogP contribution is -2.59. The van der Waals surface area contributed by atoms with Crippen LogP contribution in [0.25, 0.3) is 0 Å². The van der Waals surface area contributed by atoms with Gasteiger partial charge in [0.1, 0.15) is 0 Å². The van der Waals surface area contributed by atoms with E-state index in [0.29, 0.717) is 51.4 Å². The van der Waals surface area contributed by atoms with Crippen molar-refractivity contribution in [2.75, 3.05) is 43.4 Å². The molecule has 1 N–H and O–H groups in total. The van der Waals surface area contributed by atoms with Crippen LogP contribution in [0.2, 0.25) is 0 Å². The Morgan fingerprint density at radius 1 is 1.06 bits per heavy atom. The lowest BCUT2D eigenvalue weighted by molar-refractivity contribution is -0.165. The zero-order valence-corrected chi connectivity index (χ0v) is 22.1. The number of thioether (sulfide) groups is 1. The quantitative estimate of drug-likeness (QED) is 0.657. The molecule has 2 saturated heterocycles. The topological polar surface area (TPSA) is 64.1 Å². The largest absolute Gasteiger partial charge is 0.391 e. The minimum Gasteiger partial charge on any atom is -0.391 e. The first-order chi connectivity index (χ1) is 17.4. The highest BCUT2D eigenvalue weighted by Crippen LogP contribution is 2.47. The molecule has 192 valence electrons. The summed E-state index contributed by atoms with van der Waals surface area (Å²) in [6.07, 6.45) is 1.25. The van der Waals surface area contributed by atoms with Crippen LogP contribution in [0, 0.1) is 11.3 Å². The Kier molecular flexibility index (Phi) is 7.42. The number of benzene rings is 2. The van der Waals surface area contributed by atoms with E-state index in [1.165, 1.54) is 0 Å². The van der Waals surface area contributed by atoms with Crippen molar-refractivity contribution < 1.29 is 14.7 Å². The van der Waals surface area contributed by atoms with Crippen LogP contribution in [-0.2, 0) is 9.59 Å². The predicted molar refractivity (Wildman–Crippen MR) is 144 cm³/mol. The summed E-state index contributed by atoms with van der Waals surface area (Å²) in [5.41, 5.74) is 1.46. The smallest absolute Gasteiger partial charge is 0.241 e. The molecule has 2 atom stereocenters. The summed E-state index contributed by atoms with van der Waals surface area (Å²) < 4.78 is 0. The molecule has 36 heavy (non-hydrogen) atoms. The highest BCUT2D eigenvalue weighted by atomic mass is 32.2. The van der Waals surface area contributed by atoms with E-state index in [2.05, 4.69) is 24.8 Å². The van der Waals surface area contributed by atoms with E-state index in [-0.39, 0.29) is 17.9 Å². The van der Waals surface area contributed by atoms with Crippen LogP contribution >= 0.6 is 11.8 Å². The zero-order valence-electron chi connectivity index (χ0n) is 21.3. The number of para-hydroxylation sites is 1. The summed E-state index contributed by atoms with van der Waals surface area (Å²) in [5.74, 6) is 1.51. The molecule has 0 aliphatic carbocycles. The van der Waals surface area contributed by atoms with E-state index in [1.54, 1.807) is 11.8 Å². The molecule has 2 aromatic carbocycles. The van der Waals surface area contributed by atoms with Crippen LogP contribution in [0.5, 0.6) is 0 Å². The third-order valence-electron chi connectivity index (χ3n) is 7.92. The molecule has 3 heterocycles. The molecule has 6 nitrogen and oxygen atoms in total. The summed E-state index contributed by atoms with van der Waals surface area (Å²) >= 11 is 1.80. The Labute approximate surface area is 218 Å². The molecule has 0 bridgehead atoms. The third-order valence-corrected chi connectivity index (χ3v) is 8.96. The maximum absolute atomic E-state index is 14.0.